The topological polar surface area (TPSA) is 79.3 Å². The second-order valence-corrected chi connectivity index (χ2v) is 5.69. The van der Waals surface area contributed by atoms with Gasteiger partial charge in [0.2, 0.25) is 0 Å². The SMILES string of the molecule is CC(C)(C)OC(=O)N1CCC(CN)(CC#N)C1. The molecule has 0 radical (unpaired) electrons. The molecule has 5 heteroatoms. The van der Waals surface area contributed by atoms with Crippen molar-refractivity contribution < 1.29 is 9.53 Å². The number of nitrogens with two attached hydrogens (primary N) is 1. The minimum Gasteiger partial charge on any atom is -0.444 e. The zero-order valence-corrected chi connectivity index (χ0v) is 10.8. The highest BCUT2D eigenvalue weighted by Crippen LogP contribution is 2.33. The molecule has 1 aliphatic rings. The number of hydrogen-bond acceptors (Lipinski definition) is 4. The Kier molecular flexibility index (Phi) is 3.99. The molecule has 1 rings (SSSR count). The lowest BCUT2D eigenvalue weighted by Crippen LogP contribution is -2.39. The van der Waals surface area contributed by atoms with E-state index in [9.17, 15) is 4.79 Å². The lowest BCUT2D eigenvalue weighted by Gasteiger charge is -2.27. The van der Waals surface area contributed by atoms with Crippen molar-refractivity contribution in [2.24, 2.45) is 11.1 Å². The van der Waals surface area contributed by atoms with Crippen LogP contribution in [0.2, 0.25) is 0 Å². The van der Waals surface area contributed by atoms with E-state index in [0.717, 1.165) is 6.42 Å². The van der Waals surface area contributed by atoms with Crippen molar-refractivity contribution in [3.63, 3.8) is 0 Å². The van der Waals surface area contributed by atoms with Gasteiger partial charge in [0.25, 0.3) is 0 Å². The zero-order chi connectivity index (χ0) is 13.1. The van der Waals surface area contributed by atoms with E-state index in [-0.39, 0.29) is 11.5 Å². The van der Waals surface area contributed by atoms with Crippen molar-refractivity contribution in [3.8, 4) is 6.07 Å². The zero-order valence-electron chi connectivity index (χ0n) is 10.8. The average molecular weight is 239 g/mol. The van der Waals surface area contributed by atoms with E-state index in [1.165, 1.54) is 0 Å². The van der Waals surface area contributed by atoms with Crippen LogP contribution in [-0.2, 0) is 4.74 Å². The third-order valence-corrected chi connectivity index (χ3v) is 2.98. The molecule has 17 heavy (non-hydrogen) atoms. The van der Waals surface area contributed by atoms with E-state index in [0.29, 0.717) is 26.1 Å². The number of rotatable bonds is 2. The van der Waals surface area contributed by atoms with Crippen LogP contribution in [-0.4, -0.2) is 36.2 Å². The summed E-state index contributed by atoms with van der Waals surface area (Å²) in [5, 5.41) is 8.79. The second kappa shape index (κ2) is 4.92. The monoisotopic (exact) mass is 239 g/mol. The summed E-state index contributed by atoms with van der Waals surface area (Å²) in [6.07, 6.45) is 0.852. The first-order valence-electron chi connectivity index (χ1n) is 5.87. The molecule has 96 valence electrons. The van der Waals surface area contributed by atoms with E-state index < -0.39 is 5.60 Å². The Labute approximate surface area is 103 Å². The Hall–Kier alpha value is -1.28. The van der Waals surface area contributed by atoms with Gasteiger partial charge in [0, 0.05) is 31.5 Å². The molecule has 1 unspecified atom stereocenters. The van der Waals surface area contributed by atoms with Gasteiger partial charge in [0.15, 0.2) is 0 Å². The molecular weight excluding hydrogens is 218 g/mol. The molecule has 0 spiro atoms. The predicted octanol–water partition coefficient (Wildman–Crippen LogP) is 1.49. The maximum Gasteiger partial charge on any atom is 0.410 e. The number of nitriles is 1. The molecule has 0 bridgehead atoms. The van der Waals surface area contributed by atoms with Crippen LogP contribution in [0.15, 0.2) is 0 Å². The maximum absolute atomic E-state index is 11.8. The summed E-state index contributed by atoms with van der Waals surface area (Å²) in [5.74, 6) is 0. The molecular formula is C12H21N3O2. The highest BCUT2D eigenvalue weighted by Gasteiger charge is 2.40. The Morgan fingerprint density at radius 1 is 1.59 bits per heavy atom. The van der Waals surface area contributed by atoms with Crippen LogP contribution in [0.3, 0.4) is 0 Å². The van der Waals surface area contributed by atoms with E-state index in [1.807, 2.05) is 20.8 Å². The quantitative estimate of drug-likeness (QED) is 0.791. The van der Waals surface area contributed by atoms with Gasteiger partial charge in [-0.25, -0.2) is 4.79 Å². The summed E-state index contributed by atoms with van der Waals surface area (Å²) in [4.78, 5) is 13.5. The smallest absolute Gasteiger partial charge is 0.410 e. The molecule has 0 aromatic carbocycles. The first-order valence-corrected chi connectivity index (χ1v) is 5.87. The molecule has 0 aliphatic carbocycles. The molecule has 1 amide bonds. The van der Waals surface area contributed by atoms with E-state index in [4.69, 9.17) is 15.7 Å². The summed E-state index contributed by atoms with van der Waals surface area (Å²) < 4.78 is 5.30. The molecule has 0 aromatic rings. The molecule has 5 nitrogen and oxygen atoms in total. The molecule has 0 saturated carbocycles. The van der Waals surface area contributed by atoms with E-state index in [1.54, 1.807) is 4.90 Å². The number of likely N-dealkylation sites (tertiary alicyclic amines) is 1. The summed E-state index contributed by atoms with van der Waals surface area (Å²) in [7, 11) is 0. The van der Waals surface area contributed by atoms with Gasteiger partial charge in [-0.3, -0.25) is 0 Å². The number of hydrogen-bond donors (Lipinski definition) is 1. The largest absolute Gasteiger partial charge is 0.444 e. The van der Waals surface area contributed by atoms with Gasteiger partial charge < -0.3 is 15.4 Å². The Balaban J connectivity index is 2.61. The first-order chi connectivity index (χ1) is 7.82. The van der Waals surface area contributed by atoms with Crippen molar-refractivity contribution in [2.45, 2.75) is 39.2 Å². The van der Waals surface area contributed by atoms with Crippen LogP contribution in [0.1, 0.15) is 33.6 Å². The van der Waals surface area contributed by atoms with Crippen LogP contribution in [0.5, 0.6) is 0 Å². The molecule has 1 saturated heterocycles. The maximum atomic E-state index is 11.8. The van der Waals surface area contributed by atoms with E-state index >= 15 is 0 Å². The summed E-state index contributed by atoms with van der Waals surface area (Å²) in [6.45, 7) is 7.09. The number of ether oxygens (including phenoxy) is 1. The lowest BCUT2D eigenvalue weighted by atomic mass is 9.84. The van der Waals surface area contributed by atoms with Gasteiger partial charge in [-0.2, -0.15) is 5.26 Å². The van der Waals surface area contributed by atoms with Gasteiger partial charge in [0.1, 0.15) is 5.60 Å². The lowest BCUT2D eigenvalue weighted by molar-refractivity contribution is 0.0275. The number of carbonyl (C=O) groups is 1. The van der Waals surface area contributed by atoms with Gasteiger partial charge in [-0.05, 0) is 27.2 Å². The van der Waals surface area contributed by atoms with Crippen molar-refractivity contribution in [2.75, 3.05) is 19.6 Å². The highest BCUT2D eigenvalue weighted by atomic mass is 16.6. The summed E-state index contributed by atoms with van der Waals surface area (Å²) in [5.41, 5.74) is 4.98. The minimum absolute atomic E-state index is 0.244. The third kappa shape index (κ3) is 3.60. The Morgan fingerprint density at radius 3 is 2.71 bits per heavy atom. The van der Waals surface area contributed by atoms with E-state index in [2.05, 4.69) is 6.07 Å². The van der Waals surface area contributed by atoms with Gasteiger partial charge in [-0.15, -0.1) is 0 Å². The third-order valence-electron chi connectivity index (χ3n) is 2.98. The van der Waals surface area contributed by atoms with Crippen LogP contribution in [0, 0.1) is 16.7 Å². The van der Waals surface area contributed by atoms with Gasteiger partial charge in [-0.1, -0.05) is 0 Å². The second-order valence-electron chi connectivity index (χ2n) is 5.69. The fourth-order valence-electron chi connectivity index (χ4n) is 1.97. The average Bonchev–Trinajstić information content (AvgIpc) is 2.61. The molecule has 1 heterocycles. The molecule has 0 aromatic heterocycles. The fraction of sp³-hybridized carbons (Fsp3) is 0.833. The van der Waals surface area contributed by atoms with Crippen molar-refractivity contribution in [3.05, 3.63) is 0 Å². The first kappa shape index (κ1) is 13.8. The normalized spacial score (nSPS) is 24.5. The molecule has 1 atom stereocenters. The number of amides is 1. The predicted molar refractivity (Wildman–Crippen MR) is 64.1 cm³/mol. The van der Waals surface area contributed by atoms with Crippen molar-refractivity contribution in [1.82, 2.24) is 4.90 Å². The summed E-state index contributed by atoms with van der Waals surface area (Å²) >= 11 is 0. The number of carbonyl (C=O) groups excluding carboxylic acids is 1. The van der Waals surface area contributed by atoms with Crippen molar-refractivity contribution >= 4 is 6.09 Å². The minimum atomic E-state index is -0.486. The molecule has 2 N–H and O–H groups in total. The van der Waals surface area contributed by atoms with Crippen molar-refractivity contribution in [1.29, 1.82) is 5.26 Å². The Morgan fingerprint density at radius 2 is 2.24 bits per heavy atom. The molecule has 1 aliphatic heterocycles. The van der Waals surface area contributed by atoms with Crippen LogP contribution < -0.4 is 5.73 Å². The standard InChI is InChI=1S/C12H21N3O2/c1-11(2,3)17-10(16)15-7-5-12(8-14,9-15)4-6-13/h4-5,7-9,14H2,1-3H3. The van der Waals surface area contributed by atoms with Gasteiger partial charge >= 0.3 is 6.09 Å². The van der Waals surface area contributed by atoms with Gasteiger partial charge in [0.05, 0.1) is 6.07 Å². The van der Waals surface area contributed by atoms with Crippen LogP contribution in [0.25, 0.3) is 0 Å². The summed E-state index contributed by atoms with van der Waals surface area (Å²) in [6, 6.07) is 2.15. The highest BCUT2D eigenvalue weighted by molar-refractivity contribution is 5.68. The number of nitrogens with zero attached hydrogens (tertiary/aromatic N) is 2. The molecule has 1 fully saturated rings. The Bertz CT molecular complexity index is 330. The van der Waals surface area contributed by atoms with Crippen LogP contribution >= 0.6 is 0 Å². The fourth-order valence-corrected chi connectivity index (χ4v) is 1.97. The van der Waals surface area contributed by atoms with Crippen LogP contribution in [0.4, 0.5) is 4.79 Å².